The van der Waals surface area contributed by atoms with Gasteiger partial charge in [0, 0.05) is 29.3 Å². The Balaban J connectivity index is 1.51. The summed E-state index contributed by atoms with van der Waals surface area (Å²) in [5.74, 6) is -4.96. The van der Waals surface area contributed by atoms with Gasteiger partial charge in [-0.15, -0.1) is 23.2 Å². The van der Waals surface area contributed by atoms with Gasteiger partial charge in [-0.25, -0.2) is 4.39 Å². The van der Waals surface area contributed by atoms with Gasteiger partial charge in [-0.2, -0.15) is 8.78 Å². The van der Waals surface area contributed by atoms with E-state index in [1.807, 2.05) is 5.32 Å². The molecule has 2 amide bonds. The van der Waals surface area contributed by atoms with Gasteiger partial charge >= 0.3 is 6.43 Å². The van der Waals surface area contributed by atoms with Crippen LogP contribution < -0.4 is 10.6 Å². The monoisotopic (exact) mass is 636 g/mol. The molecule has 0 aromatic heterocycles. The molecule has 13 heteroatoms. The van der Waals surface area contributed by atoms with E-state index in [1.54, 1.807) is 18.2 Å². The molecule has 0 spiro atoms. The summed E-state index contributed by atoms with van der Waals surface area (Å²) in [6, 6.07) is 12.0. The first-order valence-electron chi connectivity index (χ1n) is 11.1. The number of alkyl halides is 4. The van der Waals surface area contributed by atoms with Gasteiger partial charge in [0.25, 0.3) is 5.91 Å². The first-order chi connectivity index (χ1) is 18.3. The van der Waals surface area contributed by atoms with Crippen molar-refractivity contribution in [1.29, 1.82) is 0 Å². The smallest absolute Gasteiger partial charge is 0.315 e. The van der Waals surface area contributed by atoms with Crippen molar-refractivity contribution in [1.82, 2.24) is 0 Å². The van der Waals surface area contributed by atoms with Crippen molar-refractivity contribution in [2.75, 3.05) is 10.6 Å². The lowest BCUT2D eigenvalue weighted by Gasteiger charge is -2.12. The molecule has 0 bridgehead atoms. The Hall–Kier alpha value is -2.49. The van der Waals surface area contributed by atoms with Crippen LogP contribution in [0, 0.1) is 11.7 Å². The van der Waals surface area contributed by atoms with Crippen LogP contribution in [0.1, 0.15) is 27.4 Å². The minimum atomic E-state index is -3.34. The zero-order chi connectivity index (χ0) is 28.6. The summed E-state index contributed by atoms with van der Waals surface area (Å²) in [4.78, 5) is 37.5. The molecule has 5 nitrogen and oxygen atoms in total. The van der Waals surface area contributed by atoms with E-state index in [-0.39, 0.29) is 32.5 Å². The summed E-state index contributed by atoms with van der Waals surface area (Å²) in [6.07, 6.45) is -3.75. The van der Waals surface area contributed by atoms with E-state index in [0.29, 0.717) is 10.6 Å². The summed E-state index contributed by atoms with van der Waals surface area (Å²) in [7, 11) is 0. The van der Waals surface area contributed by atoms with Gasteiger partial charge in [-0.05, 0) is 53.6 Å². The third-order valence-corrected chi connectivity index (χ3v) is 8.06. The van der Waals surface area contributed by atoms with Gasteiger partial charge in [0.2, 0.25) is 5.91 Å². The van der Waals surface area contributed by atoms with E-state index in [4.69, 9.17) is 58.0 Å². The van der Waals surface area contributed by atoms with Crippen LogP contribution in [0.3, 0.4) is 0 Å². The van der Waals surface area contributed by atoms with Gasteiger partial charge < -0.3 is 10.6 Å². The van der Waals surface area contributed by atoms with Crippen LogP contribution in [-0.4, -0.2) is 28.4 Å². The number of Topliss-reactive ketones (excluding diaryl/α,β-unsaturated/α-hetero) is 1. The largest absolute Gasteiger partial charge is 0.326 e. The van der Waals surface area contributed by atoms with Crippen LogP contribution in [0.15, 0.2) is 54.6 Å². The Morgan fingerprint density at radius 3 is 2.23 bits per heavy atom. The third-order valence-electron chi connectivity index (χ3n) is 6.05. The molecule has 2 N–H and O–H groups in total. The van der Waals surface area contributed by atoms with Gasteiger partial charge in [0.05, 0.1) is 21.0 Å². The number of carbonyl (C=O) groups is 3. The Morgan fingerprint density at radius 2 is 1.56 bits per heavy atom. The van der Waals surface area contributed by atoms with Gasteiger partial charge in [0.1, 0.15) is 10.2 Å². The van der Waals surface area contributed by atoms with Crippen LogP contribution in [0.4, 0.5) is 24.5 Å². The van der Waals surface area contributed by atoms with Crippen LogP contribution >= 0.6 is 58.0 Å². The number of ketones is 1. The fourth-order valence-electron chi connectivity index (χ4n) is 4.08. The maximum absolute atomic E-state index is 13.7. The number of hydrogen-bond acceptors (Lipinski definition) is 3. The van der Waals surface area contributed by atoms with Crippen molar-refractivity contribution in [3.8, 4) is 0 Å². The molecule has 4 rings (SSSR count). The van der Waals surface area contributed by atoms with E-state index >= 15 is 0 Å². The minimum Gasteiger partial charge on any atom is -0.326 e. The highest BCUT2D eigenvalue weighted by molar-refractivity contribution is 6.53. The SMILES string of the molecule is O=C(Cc1ccc(F)cc1NC(=O)C(F)F)c1cc(NC(=O)C2C(c3ccc(Cl)c(Cl)c3)C2(Cl)Cl)ccc1Cl. The third kappa shape index (κ3) is 6.47. The second kappa shape index (κ2) is 11.6. The van der Waals surface area contributed by atoms with Crippen LogP contribution in [0.5, 0.6) is 0 Å². The first-order valence-corrected chi connectivity index (χ1v) is 13.0. The normalized spacial score (nSPS) is 17.6. The molecule has 2 atom stereocenters. The Bertz CT molecular complexity index is 1490. The van der Waals surface area contributed by atoms with Crippen LogP contribution in [-0.2, 0) is 16.0 Å². The average Bonchev–Trinajstić information content (AvgIpc) is 3.45. The summed E-state index contributed by atoms with van der Waals surface area (Å²) < 4.78 is 37.6. The standard InChI is InChI=1S/C26H16Cl5F3N2O3/c27-16-6-4-14(35-24(38)22-21(26(22,30)31)12-2-5-17(28)18(29)7-12)10-15(16)20(37)8-11-1-3-13(32)9-19(11)36-25(39)23(33)34/h1-7,9-10,21-23H,8H2,(H,35,38)(H,36,39). The molecule has 1 saturated carbocycles. The lowest BCUT2D eigenvalue weighted by Crippen LogP contribution is -2.21. The maximum atomic E-state index is 13.7. The number of benzene rings is 3. The van der Waals surface area contributed by atoms with Crippen LogP contribution in [0.25, 0.3) is 0 Å². The molecule has 3 aromatic carbocycles. The maximum Gasteiger partial charge on any atom is 0.315 e. The molecule has 3 aromatic rings. The van der Waals surface area contributed by atoms with E-state index < -0.39 is 52.4 Å². The molecule has 39 heavy (non-hydrogen) atoms. The fraction of sp³-hybridized carbons (Fsp3) is 0.192. The van der Waals surface area contributed by atoms with Crippen molar-refractivity contribution in [2.45, 2.75) is 23.1 Å². The topological polar surface area (TPSA) is 75.3 Å². The molecule has 1 aliphatic rings. The van der Waals surface area contributed by atoms with Crippen molar-refractivity contribution < 1.29 is 27.6 Å². The second-order valence-corrected chi connectivity index (χ2v) is 11.3. The summed E-state index contributed by atoms with van der Waals surface area (Å²) in [5, 5.41) is 5.22. The second-order valence-electron chi connectivity index (χ2n) is 8.68. The summed E-state index contributed by atoms with van der Waals surface area (Å²) in [5.41, 5.74) is 0.622. The van der Waals surface area contributed by atoms with Gasteiger partial charge in [-0.1, -0.05) is 46.9 Å². The van der Waals surface area contributed by atoms with Gasteiger partial charge in [-0.3, -0.25) is 14.4 Å². The lowest BCUT2D eigenvalue weighted by atomic mass is 10.0. The van der Waals surface area contributed by atoms with Crippen LogP contribution in [0.2, 0.25) is 15.1 Å². The van der Waals surface area contributed by atoms with Crippen molar-refractivity contribution in [2.24, 2.45) is 5.92 Å². The number of halogens is 8. The minimum absolute atomic E-state index is 0.00947. The average molecular weight is 639 g/mol. The molecule has 0 saturated heterocycles. The highest BCUT2D eigenvalue weighted by Gasteiger charge is 2.67. The molecule has 0 heterocycles. The molecule has 1 fully saturated rings. The number of anilines is 2. The molecular formula is C26H16Cl5F3N2O3. The molecule has 1 aliphatic carbocycles. The number of nitrogens with one attached hydrogen (secondary N) is 2. The summed E-state index contributed by atoms with van der Waals surface area (Å²) >= 11 is 31.0. The predicted octanol–water partition coefficient (Wildman–Crippen LogP) is 7.94. The quantitative estimate of drug-likeness (QED) is 0.194. The van der Waals surface area contributed by atoms with E-state index in [9.17, 15) is 27.6 Å². The first kappa shape index (κ1) is 29.5. The molecular weight excluding hydrogens is 623 g/mol. The molecule has 204 valence electrons. The number of amides is 2. The van der Waals surface area contributed by atoms with Crippen molar-refractivity contribution in [3.05, 3.63) is 92.2 Å². The molecule has 0 radical (unpaired) electrons. The highest BCUT2D eigenvalue weighted by atomic mass is 35.5. The fourth-order valence-corrected chi connectivity index (χ4v) is 5.44. The van der Waals surface area contributed by atoms with Crippen molar-refractivity contribution in [3.63, 3.8) is 0 Å². The summed E-state index contributed by atoms with van der Waals surface area (Å²) in [6.45, 7) is 0. The van der Waals surface area contributed by atoms with Crippen molar-refractivity contribution >= 4 is 87.0 Å². The Morgan fingerprint density at radius 1 is 0.872 bits per heavy atom. The van der Waals surface area contributed by atoms with E-state index in [0.717, 1.165) is 12.1 Å². The number of carbonyl (C=O) groups excluding carboxylic acids is 3. The predicted molar refractivity (Wildman–Crippen MR) is 146 cm³/mol. The molecule has 2 unspecified atom stereocenters. The Kier molecular flexibility index (Phi) is 8.73. The molecule has 0 aliphatic heterocycles. The zero-order valence-electron chi connectivity index (χ0n) is 19.4. The van der Waals surface area contributed by atoms with E-state index in [2.05, 4.69) is 5.32 Å². The number of rotatable bonds is 8. The highest BCUT2D eigenvalue weighted by Crippen LogP contribution is 2.65. The zero-order valence-corrected chi connectivity index (χ0v) is 23.2. The van der Waals surface area contributed by atoms with E-state index in [1.165, 1.54) is 24.3 Å². The Labute approximate surface area is 245 Å². The van der Waals surface area contributed by atoms with Gasteiger partial charge in [0.15, 0.2) is 5.78 Å². The number of hydrogen-bond donors (Lipinski definition) is 2. The lowest BCUT2D eigenvalue weighted by molar-refractivity contribution is -0.126.